The Bertz CT molecular complexity index is 578. The summed E-state index contributed by atoms with van der Waals surface area (Å²) in [7, 11) is 0. The van der Waals surface area contributed by atoms with Crippen LogP contribution in [0.2, 0.25) is 0 Å². The summed E-state index contributed by atoms with van der Waals surface area (Å²) in [6.45, 7) is 0. The van der Waals surface area contributed by atoms with E-state index in [1.807, 2.05) is 6.26 Å². The van der Waals surface area contributed by atoms with E-state index in [-0.39, 0.29) is 5.69 Å². The summed E-state index contributed by atoms with van der Waals surface area (Å²) >= 11 is 1.43. The lowest BCUT2D eigenvalue weighted by Gasteiger charge is -1.96. The minimum atomic E-state index is -0.438. The number of thioether (sulfide) groups is 1. The van der Waals surface area contributed by atoms with Gasteiger partial charge in [-0.1, -0.05) is 11.8 Å². The highest BCUT2D eigenvalue weighted by atomic mass is 32.2. The topological polar surface area (TPSA) is 86.2 Å². The number of hydrogen-bond acceptors (Lipinski definition) is 6. The third-order valence-electron chi connectivity index (χ3n) is 2.12. The smallest absolute Gasteiger partial charge is 0.258 e. The molecule has 92 valence electrons. The van der Waals surface area contributed by atoms with E-state index in [1.165, 1.54) is 34.9 Å². The van der Waals surface area contributed by atoms with E-state index in [4.69, 9.17) is 0 Å². The van der Waals surface area contributed by atoms with Crippen molar-refractivity contribution in [1.82, 2.24) is 14.9 Å². The summed E-state index contributed by atoms with van der Waals surface area (Å²) in [6.07, 6.45) is 4.96. The second kappa shape index (κ2) is 5.41. The van der Waals surface area contributed by atoms with E-state index in [9.17, 15) is 10.1 Å². The Hall–Kier alpha value is -2.22. The van der Waals surface area contributed by atoms with E-state index in [2.05, 4.69) is 15.3 Å². The lowest BCUT2D eigenvalue weighted by molar-refractivity contribution is -0.384. The molecule has 2 aromatic rings. The minimum absolute atomic E-state index is 0.0567. The van der Waals surface area contributed by atoms with Crippen LogP contribution in [0.15, 0.2) is 40.9 Å². The van der Waals surface area contributed by atoms with Crippen molar-refractivity contribution in [1.29, 1.82) is 0 Å². The first-order valence-corrected chi connectivity index (χ1v) is 6.16. The van der Waals surface area contributed by atoms with Crippen molar-refractivity contribution in [2.45, 2.75) is 5.16 Å². The molecule has 0 unspecified atom stereocenters. The monoisotopic (exact) mass is 263 g/mol. The summed E-state index contributed by atoms with van der Waals surface area (Å²) in [5.41, 5.74) is 0.822. The van der Waals surface area contributed by atoms with Crippen LogP contribution in [-0.4, -0.2) is 32.3 Å². The first kappa shape index (κ1) is 12.2. The van der Waals surface area contributed by atoms with Crippen LogP contribution in [0.3, 0.4) is 0 Å². The molecule has 0 atom stereocenters. The molecule has 2 rings (SSSR count). The van der Waals surface area contributed by atoms with Crippen LogP contribution < -0.4 is 0 Å². The quantitative estimate of drug-likeness (QED) is 0.363. The SMILES string of the molecule is CSc1nncn1/N=C\c1ccc([N+](=O)[O-])cc1. The maximum Gasteiger partial charge on any atom is 0.269 e. The molecule has 1 heterocycles. The second-order valence-corrected chi connectivity index (χ2v) is 4.03. The van der Waals surface area contributed by atoms with Crippen molar-refractivity contribution in [2.75, 3.05) is 6.26 Å². The molecule has 0 spiro atoms. The van der Waals surface area contributed by atoms with Gasteiger partial charge in [-0.15, -0.1) is 10.2 Å². The van der Waals surface area contributed by atoms with Gasteiger partial charge in [0.1, 0.15) is 6.33 Å². The Morgan fingerprint density at radius 2 is 2.17 bits per heavy atom. The molecule has 0 fully saturated rings. The molecule has 1 aromatic carbocycles. The van der Waals surface area contributed by atoms with E-state index < -0.39 is 4.92 Å². The average molecular weight is 263 g/mol. The van der Waals surface area contributed by atoms with Crippen LogP contribution in [0, 0.1) is 10.1 Å². The van der Waals surface area contributed by atoms with E-state index in [0.717, 1.165) is 5.56 Å². The average Bonchev–Trinajstić information content (AvgIpc) is 2.84. The fourth-order valence-corrected chi connectivity index (χ4v) is 1.65. The van der Waals surface area contributed by atoms with Crippen LogP contribution in [0.25, 0.3) is 0 Å². The number of nitrogens with zero attached hydrogens (tertiary/aromatic N) is 5. The van der Waals surface area contributed by atoms with E-state index >= 15 is 0 Å². The number of rotatable bonds is 4. The van der Waals surface area contributed by atoms with Gasteiger partial charge in [0.15, 0.2) is 0 Å². The van der Waals surface area contributed by atoms with Gasteiger partial charge in [0.2, 0.25) is 5.16 Å². The number of benzene rings is 1. The Morgan fingerprint density at radius 1 is 1.44 bits per heavy atom. The first-order chi connectivity index (χ1) is 8.70. The summed E-state index contributed by atoms with van der Waals surface area (Å²) in [4.78, 5) is 10.1. The van der Waals surface area contributed by atoms with Gasteiger partial charge in [0.05, 0.1) is 11.1 Å². The van der Waals surface area contributed by atoms with Gasteiger partial charge in [-0.3, -0.25) is 10.1 Å². The third kappa shape index (κ3) is 2.72. The van der Waals surface area contributed by atoms with Gasteiger partial charge >= 0.3 is 0 Å². The van der Waals surface area contributed by atoms with Crippen molar-refractivity contribution in [2.24, 2.45) is 5.10 Å². The lowest BCUT2D eigenvalue weighted by Crippen LogP contribution is -1.92. The molecule has 0 aliphatic rings. The number of nitro groups is 1. The molecule has 0 saturated carbocycles. The largest absolute Gasteiger partial charge is 0.269 e. The van der Waals surface area contributed by atoms with Crippen molar-refractivity contribution in [3.05, 3.63) is 46.3 Å². The van der Waals surface area contributed by atoms with Crippen LogP contribution in [-0.2, 0) is 0 Å². The zero-order valence-electron chi connectivity index (χ0n) is 9.42. The molecule has 0 aliphatic heterocycles. The second-order valence-electron chi connectivity index (χ2n) is 3.26. The number of nitro benzene ring substituents is 1. The van der Waals surface area contributed by atoms with E-state index in [1.54, 1.807) is 18.3 Å². The summed E-state index contributed by atoms with van der Waals surface area (Å²) in [5, 5.41) is 22.9. The van der Waals surface area contributed by atoms with Crippen LogP contribution in [0.5, 0.6) is 0 Å². The van der Waals surface area contributed by atoms with Crippen molar-refractivity contribution < 1.29 is 4.92 Å². The van der Waals surface area contributed by atoms with Crippen LogP contribution >= 0.6 is 11.8 Å². The van der Waals surface area contributed by atoms with E-state index in [0.29, 0.717) is 5.16 Å². The molecule has 0 radical (unpaired) electrons. The third-order valence-corrected chi connectivity index (χ3v) is 2.75. The van der Waals surface area contributed by atoms with Crippen molar-refractivity contribution in [3.63, 3.8) is 0 Å². The highest BCUT2D eigenvalue weighted by Gasteiger charge is 2.03. The fraction of sp³-hybridized carbons (Fsp3) is 0.100. The standard InChI is InChI=1S/C10H9N5O2S/c1-18-10-13-11-7-14(10)12-6-8-2-4-9(5-3-8)15(16)17/h2-7H,1H3/b12-6-. The number of hydrogen-bond donors (Lipinski definition) is 0. The number of aromatic nitrogens is 3. The summed E-state index contributed by atoms with van der Waals surface area (Å²) in [6, 6.07) is 6.13. The van der Waals surface area contributed by atoms with Crippen LogP contribution in [0.4, 0.5) is 5.69 Å². The molecule has 0 amide bonds. The molecule has 18 heavy (non-hydrogen) atoms. The number of non-ortho nitro benzene ring substituents is 1. The normalized spacial score (nSPS) is 10.9. The van der Waals surface area contributed by atoms with Crippen molar-refractivity contribution >= 4 is 23.7 Å². The van der Waals surface area contributed by atoms with Gasteiger partial charge < -0.3 is 0 Å². The predicted molar refractivity (Wildman–Crippen MR) is 67.9 cm³/mol. The Kier molecular flexibility index (Phi) is 3.68. The zero-order chi connectivity index (χ0) is 13.0. The fourth-order valence-electron chi connectivity index (χ4n) is 1.24. The maximum absolute atomic E-state index is 10.5. The Balaban J connectivity index is 2.16. The Labute approximate surface area is 107 Å². The molecular formula is C10H9N5O2S. The zero-order valence-corrected chi connectivity index (χ0v) is 10.2. The summed E-state index contributed by atoms with van der Waals surface area (Å²) < 4.78 is 1.53. The molecule has 0 bridgehead atoms. The Morgan fingerprint density at radius 3 is 2.78 bits per heavy atom. The highest BCUT2D eigenvalue weighted by Crippen LogP contribution is 2.12. The molecule has 0 N–H and O–H groups in total. The van der Waals surface area contributed by atoms with Crippen LogP contribution in [0.1, 0.15) is 5.56 Å². The lowest BCUT2D eigenvalue weighted by atomic mass is 10.2. The van der Waals surface area contributed by atoms with Gasteiger partial charge in [-0.2, -0.15) is 9.78 Å². The minimum Gasteiger partial charge on any atom is -0.258 e. The van der Waals surface area contributed by atoms with Gasteiger partial charge in [0, 0.05) is 12.1 Å². The molecular weight excluding hydrogens is 254 g/mol. The molecule has 1 aromatic heterocycles. The van der Waals surface area contributed by atoms with Gasteiger partial charge in [-0.25, -0.2) is 0 Å². The molecule has 8 heteroatoms. The molecule has 0 saturated heterocycles. The summed E-state index contributed by atoms with van der Waals surface area (Å²) in [5.74, 6) is 0. The predicted octanol–water partition coefficient (Wildman–Crippen LogP) is 1.79. The van der Waals surface area contributed by atoms with Crippen molar-refractivity contribution in [3.8, 4) is 0 Å². The first-order valence-electron chi connectivity index (χ1n) is 4.93. The maximum atomic E-state index is 10.5. The molecule has 7 nitrogen and oxygen atoms in total. The van der Waals surface area contributed by atoms with Gasteiger partial charge in [-0.05, 0) is 24.0 Å². The molecule has 0 aliphatic carbocycles. The van der Waals surface area contributed by atoms with Gasteiger partial charge in [0.25, 0.3) is 5.69 Å². The highest BCUT2D eigenvalue weighted by molar-refractivity contribution is 7.98.